The number of thiol groups is 1. The number of likely N-dealkylation sites (N-methyl/N-ethyl adjacent to an activating group) is 1. The number of nitrogens with one attached hydrogen (secondary N) is 1. The van der Waals surface area contributed by atoms with Gasteiger partial charge in [0.05, 0.1) is 5.03 Å². The number of nitrogens with zero attached hydrogens (tertiary/aromatic N) is 1. The van der Waals surface area contributed by atoms with E-state index in [4.69, 9.17) is 0 Å². The van der Waals surface area contributed by atoms with E-state index >= 15 is 0 Å². The van der Waals surface area contributed by atoms with E-state index in [1.807, 2.05) is 14.1 Å². The molecule has 0 saturated heterocycles. The minimum atomic E-state index is -0.140. The van der Waals surface area contributed by atoms with Gasteiger partial charge in [0.15, 0.2) is 0 Å². The van der Waals surface area contributed by atoms with Crippen LogP contribution < -0.4 is 5.32 Å². The van der Waals surface area contributed by atoms with E-state index in [2.05, 4.69) is 17.9 Å². The molecule has 0 radical (unpaired) electrons. The number of carbonyl (C=O) groups is 1. The topological polar surface area (TPSA) is 32.3 Å². The van der Waals surface area contributed by atoms with Crippen molar-refractivity contribution in [2.75, 3.05) is 21.1 Å². The first-order chi connectivity index (χ1) is 4.57. The quantitative estimate of drug-likeness (QED) is 0.442. The van der Waals surface area contributed by atoms with Crippen LogP contribution in [0.25, 0.3) is 0 Å². The van der Waals surface area contributed by atoms with Crippen molar-refractivity contribution in [2.45, 2.75) is 0 Å². The SMILES string of the molecule is CNC(=O)/C=C(/S)N(C)C. The van der Waals surface area contributed by atoms with E-state index in [1.54, 1.807) is 11.9 Å². The standard InChI is InChI=1S/C6H12N2OS/c1-7-5(9)4-6(10)8(2)3/h4,10H,1-3H3,(H,7,9)/b6-4+. The fraction of sp³-hybridized carbons (Fsp3) is 0.500. The molecule has 3 nitrogen and oxygen atoms in total. The van der Waals surface area contributed by atoms with E-state index in [0.717, 1.165) is 0 Å². The lowest BCUT2D eigenvalue weighted by atomic mass is 10.5. The molecule has 0 atom stereocenters. The average Bonchev–Trinajstić information content (AvgIpc) is 1.87. The van der Waals surface area contributed by atoms with Crippen molar-refractivity contribution < 1.29 is 4.79 Å². The Morgan fingerprint density at radius 2 is 2.10 bits per heavy atom. The largest absolute Gasteiger partial charge is 0.373 e. The average molecular weight is 160 g/mol. The minimum absolute atomic E-state index is 0.140. The van der Waals surface area contributed by atoms with Gasteiger partial charge in [0.1, 0.15) is 0 Å². The maximum atomic E-state index is 10.7. The van der Waals surface area contributed by atoms with Gasteiger partial charge >= 0.3 is 0 Å². The summed E-state index contributed by atoms with van der Waals surface area (Å²) in [6.45, 7) is 0. The summed E-state index contributed by atoms with van der Waals surface area (Å²) in [5.74, 6) is -0.140. The molecular weight excluding hydrogens is 148 g/mol. The second kappa shape index (κ2) is 4.22. The van der Waals surface area contributed by atoms with Crippen molar-refractivity contribution in [3.8, 4) is 0 Å². The van der Waals surface area contributed by atoms with E-state index in [0.29, 0.717) is 5.03 Å². The van der Waals surface area contributed by atoms with Crippen LogP contribution in [-0.4, -0.2) is 32.0 Å². The van der Waals surface area contributed by atoms with Crippen molar-refractivity contribution in [1.29, 1.82) is 0 Å². The van der Waals surface area contributed by atoms with Crippen LogP contribution in [0.3, 0.4) is 0 Å². The molecule has 0 aromatic rings. The number of rotatable bonds is 2. The summed E-state index contributed by atoms with van der Waals surface area (Å²) in [7, 11) is 5.22. The summed E-state index contributed by atoms with van der Waals surface area (Å²) < 4.78 is 0. The molecule has 0 rings (SSSR count). The van der Waals surface area contributed by atoms with Crippen molar-refractivity contribution >= 4 is 18.5 Å². The van der Waals surface area contributed by atoms with Crippen molar-refractivity contribution in [3.05, 3.63) is 11.1 Å². The normalized spacial score (nSPS) is 11.0. The molecule has 0 aliphatic carbocycles. The zero-order valence-electron chi connectivity index (χ0n) is 6.38. The van der Waals surface area contributed by atoms with Gasteiger partial charge in [-0.3, -0.25) is 4.79 Å². The van der Waals surface area contributed by atoms with E-state index in [1.165, 1.54) is 6.08 Å². The molecule has 0 aromatic carbocycles. The first-order valence-corrected chi connectivity index (χ1v) is 3.32. The van der Waals surface area contributed by atoms with E-state index < -0.39 is 0 Å². The van der Waals surface area contributed by atoms with Crippen LogP contribution in [0.4, 0.5) is 0 Å². The summed E-state index contributed by atoms with van der Waals surface area (Å²) in [5, 5.41) is 3.10. The number of hydrogen-bond donors (Lipinski definition) is 2. The van der Waals surface area contributed by atoms with Crippen molar-refractivity contribution in [2.24, 2.45) is 0 Å². The van der Waals surface area contributed by atoms with Gasteiger partial charge in [-0.2, -0.15) is 0 Å². The monoisotopic (exact) mass is 160 g/mol. The van der Waals surface area contributed by atoms with Gasteiger partial charge in [0, 0.05) is 27.2 Å². The highest BCUT2D eigenvalue weighted by molar-refractivity contribution is 7.84. The first kappa shape index (κ1) is 9.36. The number of carbonyl (C=O) groups excluding carboxylic acids is 1. The maximum Gasteiger partial charge on any atom is 0.246 e. The highest BCUT2D eigenvalue weighted by Crippen LogP contribution is 2.01. The van der Waals surface area contributed by atoms with Crippen molar-refractivity contribution in [1.82, 2.24) is 10.2 Å². The Bertz CT molecular complexity index is 154. The molecule has 4 heteroatoms. The van der Waals surface area contributed by atoms with Gasteiger partial charge in [0.25, 0.3) is 0 Å². The smallest absolute Gasteiger partial charge is 0.246 e. The fourth-order valence-corrected chi connectivity index (χ4v) is 0.436. The lowest BCUT2D eigenvalue weighted by molar-refractivity contribution is -0.116. The van der Waals surface area contributed by atoms with Gasteiger partial charge in [-0.1, -0.05) is 0 Å². The van der Waals surface area contributed by atoms with Crippen LogP contribution in [0.15, 0.2) is 11.1 Å². The Morgan fingerprint density at radius 1 is 1.60 bits per heavy atom. The third kappa shape index (κ3) is 3.40. The van der Waals surface area contributed by atoms with Gasteiger partial charge in [-0.15, -0.1) is 12.6 Å². The Hall–Kier alpha value is -0.640. The summed E-state index contributed by atoms with van der Waals surface area (Å²) in [5.41, 5.74) is 0. The first-order valence-electron chi connectivity index (χ1n) is 2.87. The lowest BCUT2D eigenvalue weighted by Crippen LogP contribution is -2.17. The van der Waals surface area contributed by atoms with Gasteiger partial charge in [0.2, 0.25) is 5.91 Å². The molecule has 0 aromatic heterocycles. The molecule has 0 saturated carbocycles. The second-order valence-electron chi connectivity index (χ2n) is 2.01. The molecule has 0 aliphatic rings. The van der Waals surface area contributed by atoms with Gasteiger partial charge in [-0.25, -0.2) is 0 Å². The van der Waals surface area contributed by atoms with Crippen LogP contribution in [-0.2, 0) is 4.79 Å². The van der Waals surface area contributed by atoms with E-state index in [9.17, 15) is 4.79 Å². The molecule has 0 unspecified atom stereocenters. The fourth-order valence-electron chi connectivity index (χ4n) is 0.319. The van der Waals surface area contributed by atoms with Crippen LogP contribution >= 0.6 is 12.6 Å². The summed E-state index contributed by atoms with van der Waals surface area (Å²) in [6.07, 6.45) is 1.42. The van der Waals surface area contributed by atoms with Crippen molar-refractivity contribution in [3.63, 3.8) is 0 Å². The van der Waals surface area contributed by atoms with Gasteiger partial charge < -0.3 is 10.2 Å². The van der Waals surface area contributed by atoms with Crippen LogP contribution in [0.2, 0.25) is 0 Å². The zero-order chi connectivity index (χ0) is 8.15. The Morgan fingerprint density at radius 3 is 2.40 bits per heavy atom. The van der Waals surface area contributed by atoms with E-state index in [-0.39, 0.29) is 5.91 Å². The molecule has 58 valence electrons. The Balaban J connectivity index is 4.03. The molecule has 1 amide bonds. The zero-order valence-corrected chi connectivity index (χ0v) is 7.27. The highest BCUT2D eigenvalue weighted by atomic mass is 32.1. The van der Waals surface area contributed by atoms with Crippen LogP contribution in [0, 0.1) is 0 Å². The number of amides is 1. The molecule has 0 heterocycles. The molecule has 1 N–H and O–H groups in total. The van der Waals surface area contributed by atoms with Crippen LogP contribution in [0.1, 0.15) is 0 Å². The number of hydrogen-bond acceptors (Lipinski definition) is 3. The highest BCUT2D eigenvalue weighted by Gasteiger charge is 1.95. The molecule has 0 spiro atoms. The maximum absolute atomic E-state index is 10.7. The molecular formula is C6H12N2OS. The Kier molecular flexibility index (Phi) is 3.95. The molecule has 0 bridgehead atoms. The third-order valence-corrected chi connectivity index (χ3v) is 1.49. The molecule has 0 aliphatic heterocycles. The predicted molar refractivity (Wildman–Crippen MR) is 44.8 cm³/mol. The summed E-state index contributed by atoms with van der Waals surface area (Å²) >= 11 is 4.04. The molecule has 10 heavy (non-hydrogen) atoms. The third-order valence-electron chi connectivity index (χ3n) is 0.965. The Labute approximate surface area is 66.5 Å². The summed E-state index contributed by atoms with van der Waals surface area (Å²) in [6, 6.07) is 0. The molecule has 0 fully saturated rings. The second-order valence-corrected chi connectivity index (χ2v) is 2.47. The summed E-state index contributed by atoms with van der Waals surface area (Å²) in [4.78, 5) is 12.4. The van der Waals surface area contributed by atoms with Crippen LogP contribution in [0.5, 0.6) is 0 Å². The van der Waals surface area contributed by atoms with Gasteiger partial charge in [-0.05, 0) is 0 Å². The minimum Gasteiger partial charge on any atom is -0.373 e. The predicted octanol–water partition coefficient (Wildman–Crippen LogP) is 0.0652. The lowest BCUT2D eigenvalue weighted by Gasteiger charge is -2.10.